The highest BCUT2D eigenvalue weighted by Crippen LogP contribution is 2.39. The third-order valence-corrected chi connectivity index (χ3v) is 9.96. The monoisotopic (exact) mass is 616 g/mol. The molecule has 2 aromatic rings. The molecule has 0 atom stereocenters. The van der Waals surface area contributed by atoms with Gasteiger partial charge in [0.2, 0.25) is 12.1 Å². The van der Waals surface area contributed by atoms with Gasteiger partial charge in [0.15, 0.2) is 12.0 Å². The summed E-state index contributed by atoms with van der Waals surface area (Å²) >= 11 is 0. The molecule has 1 saturated heterocycles. The molecule has 0 unspecified atom stereocenters. The lowest BCUT2D eigenvalue weighted by atomic mass is 9.77. The van der Waals surface area contributed by atoms with Crippen LogP contribution in [0.25, 0.3) is 0 Å². The molecule has 2 N–H and O–H groups in total. The summed E-state index contributed by atoms with van der Waals surface area (Å²) in [6, 6.07) is 2.34. The maximum atomic E-state index is 13.0. The number of alkyl halides is 3. The Morgan fingerprint density at radius 2 is 1.73 bits per heavy atom. The highest BCUT2D eigenvalue weighted by Gasteiger charge is 2.45. The van der Waals surface area contributed by atoms with E-state index in [4.69, 9.17) is 4.74 Å². The third-order valence-electron chi connectivity index (χ3n) is 9.96. The number of rotatable bonds is 9. The van der Waals surface area contributed by atoms with Crippen LogP contribution in [0.3, 0.4) is 0 Å². The van der Waals surface area contributed by atoms with Crippen molar-refractivity contribution in [2.45, 2.75) is 76.1 Å². The normalized spacial score (nSPS) is 28.2. The molecule has 6 rings (SSSR count). The maximum absolute atomic E-state index is 13.0. The predicted molar refractivity (Wildman–Crippen MR) is 156 cm³/mol. The van der Waals surface area contributed by atoms with E-state index in [2.05, 4.69) is 37.6 Å². The summed E-state index contributed by atoms with van der Waals surface area (Å²) in [6.45, 7) is 1.66. The molecule has 238 valence electrons. The first-order valence-corrected chi connectivity index (χ1v) is 15.6. The SMILES string of the molecule is Cn1c(COc2cc(C(F)(F)F)ccn2)nnc1C1CCC(C2=C/[N+](=C\C3CCC(N4CC(CO)(CO)C4)CC3)N=C2)CC1. The lowest BCUT2D eigenvalue weighted by Gasteiger charge is -2.52. The van der Waals surface area contributed by atoms with Crippen LogP contribution in [0, 0.1) is 17.3 Å². The minimum absolute atomic E-state index is 0.0170. The fourth-order valence-electron chi connectivity index (χ4n) is 7.15. The van der Waals surface area contributed by atoms with Gasteiger partial charge in [0.25, 0.3) is 0 Å². The summed E-state index contributed by atoms with van der Waals surface area (Å²) < 4.78 is 48.4. The van der Waals surface area contributed by atoms with Gasteiger partial charge < -0.3 is 19.5 Å². The van der Waals surface area contributed by atoms with E-state index in [0.29, 0.717) is 23.7 Å². The van der Waals surface area contributed by atoms with Crippen molar-refractivity contribution in [1.82, 2.24) is 24.6 Å². The number of likely N-dealkylation sites (tertiary alicyclic amines) is 1. The lowest BCUT2D eigenvalue weighted by molar-refractivity contribution is -0.455. The summed E-state index contributed by atoms with van der Waals surface area (Å²) in [5.74, 6) is 2.51. The minimum atomic E-state index is -4.46. The molecule has 0 spiro atoms. The van der Waals surface area contributed by atoms with Gasteiger partial charge in [0, 0.05) is 61.3 Å². The average molecular weight is 617 g/mol. The average Bonchev–Trinajstić information content (AvgIpc) is 3.63. The van der Waals surface area contributed by atoms with Crippen molar-refractivity contribution in [3.63, 3.8) is 0 Å². The fourth-order valence-corrected chi connectivity index (χ4v) is 7.15. The van der Waals surface area contributed by atoms with Crippen LogP contribution >= 0.6 is 0 Å². The Morgan fingerprint density at radius 1 is 1.02 bits per heavy atom. The van der Waals surface area contributed by atoms with Gasteiger partial charge in [-0.25, -0.2) is 4.98 Å². The topological polar surface area (TPSA) is 112 Å². The van der Waals surface area contributed by atoms with Crippen LogP contribution in [0.5, 0.6) is 5.88 Å². The van der Waals surface area contributed by atoms with Gasteiger partial charge in [-0.15, -0.1) is 10.2 Å². The summed E-state index contributed by atoms with van der Waals surface area (Å²) in [5, 5.41) is 32.4. The van der Waals surface area contributed by atoms with E-state index in [1.807, 2.05) is 22.5 Å². The van der Waals surface area contributed by atoms with Gasteiger partial charge in [-0.2, -0.15) is 13.2 Å². The first kappa shape index (κ1) is 30.8. The summed E-state index contributed by atoms with van der Waals surface area (Å²) in [7, 11) is 1.87. The molecule has 44 heavy (non-hydrogen) atoms. The Morgan fingerprint density at radius 3 is 2.41 bits per heavy atom. The van der Waals surface area contributed by atoms with Gasteiger partial charge in [-0.05, 0) is 68.5 Å². The highest BCUT2D eigenvalue weighted by molar-refractivity contribution is 5.80. The van der Waals surface area contributed by atoms with E-state index < -0.39 is 11.7 Å². The zero-order valence-electron chi connectivity index (χ0n) is 25.0. The van der Waals surface area contributed by atoms with Gasteiger partial charge in [0.1, 0.15) is 18.6 Å². The van der Waals surface area contributed by atoms with Crippen LogP contribution < -0.4 is 4.74 Å². The zero-order valence-corrected chi connectivity index (χ0v) is 25.0. The molecule has 0 bridgehead atoms. The number of allylic oxidation sites excluding steroid dienone is 1. The van der Waals surface area contributed by atoms with Crippen molar-refractivity contribution in [2.24, 2.45) is 29.4 Å². The second-order valence-electron chi connectivity index (χ2n) is 12.9. The molecule has 0 aromatic carbocycles. The molecule has 4 aliphatic rings. The van der Waals surface area contributed by atoms with Gasteiger partial charge in [-0.1, -0.05) is 4.68 Å². The largest absolute Gasteiger partial charge is 0.469 e. The third kappa shape index (κ3) is 6.59. The van der Waals surface area contributed by atoms with Crippen molar-refractivity contribution in [3.05, 3.63) is 47.3 Å². The summed E-state index contributed by atoms with van der Waals surface area (Å²) in [5.41, 5.74) is 0.150. The number of nitrogens with zero attached hydrogens (tertiary/aromatic N) is 7. The zero-order chi connectivity index (χ0) is 30.9. The number of aliphatic hydroxyl groups is 2. The van der Waals surface area contributed by atoms with Crippen molar-refractivity contribution in [2.75, 3.05) is 26.3 Å². The molecule has 4 heterocycles. The quantitative estimate of drug-likeness (QED) is 0.411. The number of hydrogen-bond acceptors (Lipinski definition) is 8. The number of ether oxygens (including phenoxy) is 1. The van der Waals surface area contributed by atoms with E-state index in [1.54, 1.807) is 0 Å². The van der Waals surface area contributed by atoms with Crippen LogP contribution in [0.15, 0.2) is 35.2 Å². The summed E-state index contributed by atoms with van der Waals surface area (Å²) in [4.78, 5) is 6.30. The van der Waals surface area contributed by atoms with Crippen LogP contribution in [-0.4, -0.2) is 84.3 Å². The molecule has 2 aliphatic heterocycles. The first-order valence-electron chi connectivity index (χ1n) is 15.6. The van der Waals surface area contributed by atoms with Crippen molar-refractivity contribution in [3.8, 4) is 5.88 Å². The predicted octanol–water partition coefficient (Wildman–Crippen LogP) is 3.89. The smallest absolute Gasteiger partial charge is 0.416 e. The molecule has 2 saturated carbocycles. The molecule has 0 amide bonds. The molecular formula is C31H41F3N7O3+. The number of hydrazone groups is 1. The van der Waals surface area contributed by atoms with E-state index in [9.17, 15) is 23.4 Å². The second-order valence-corrected chi connectivity index (χ2v) is 12.9. The Labute approximate surface area is 255 Å². The lowest BCUT2D eigenvalue weighted by Crippen LogP contribution is -2.63. The highest BCUT2D eigenvalue weighted by atomic mass is 19.4. The van der Waals surface area contributed by atoms with Crippen LogP contribution in [0.2, 0.25) is 0 Å². The van der Waals surface area contributed by atoms with Crippen LogP contribution in [0.4, 0.5) is 13.2 Å². The van der Waals surface area contributed by atoms with Crippen LogP contribution in [0.1, 0.15) is 74.5 Å². The molecule has 3 fully saturated rings. The Bertz CT molecular complexity index is 1390. The van der Waals surface area contributed by atoms with Crippen molar-refractivity contribution < 1.29 is 32.8 Å². The van der Waals surface area contributed by atoms with E-state index >= 15 is 0 Å². The number of halogens is 3. The second kappa shape index (κ2) is 12.7. The number of aromatic nitrogens is 4. The van der Waals surface area contributed by atoms with E-state index in [1.165, 1.54) is 5.57 Å². The van der Waals surface area contributed by atoms with Gasteiger partial charge in [0.05, 0.1) is 18.8 Å². The molecular weight excluding hydrogens is 575 g/mol. The number of hydrogen-bond donors (Lipinski definition) is 2. The number of pyridine rings is 1. The minimum Gasteiger partial charge on any atom is -0.469 e. The molecule has 2 aliphatic carbocycles. The fraction of sp³-hybridized carbons (Fsp3) is 0.645. The van der Waals surface area contributed by atoms with Gasteiger partial charge in [-0.3, -0.25) is 4.90 Å². The standard InChI is InChI=1S/C31H41F3N7O3/c1-39-27(16-44-28-12-25(10-11-35-28)31(32,33)34)37-38-29(39)23-6-4-22(5-7-23)24-13-36-41(15-24)14-21-2-8-26(9-3-21)40-17-30(18-40,19-42)20-43/h10-15,21-23,26,42-43H,2-9,16-20H2,1H3/q+1/b41-14+. The maximum Gasteiger partial charge on any atom is 0.416 e. The molecule has 13 heteroatoms. The van der Waals surface area contributed by atoms with Gasteiger partial charge >= 0.3 is 6.18 Å². The Balaban J connectivity index is 0.968. The number of aliphatic hydroxyl groups excluding tert-OH is 2. The summed E-state index contributed by atoms with van der Waals surface area (Å²) in [6.07, 6.45) is 11.5. The molecule has 0 radical (unpaired) electrons. The first-order chi connectivity index (χ1) is 21.2. The Hall–Kier alpha value is -3.16. The molecule has 10 nitrogen and oxygen atoms in total. The van der Waals surface area contributed by atoms with Crippen molar-refractivity contribution in [1.29, 1.82) is 0 Å². The van der Waals surface area contributed by atoms with E-state index in [0.717, 1.165) is 88.6 Å². The van der Waals surface area contributed by atoms with E-state index in [-0.39, 0.29) is 37.0 Å². The Kier molecular flexibility index (Phi) is 8.89. The molecule has 2 aromatic heterocycles. The van der Waals surface area contributed by atoms with Crippen molar-refractivity contribution >= 4 is 12.4 Å². The van der Waals surface area contributed by atoms with Crippen LogP contribution in [-0.2, 0) is 19.8 Å².